The highest BCUT2D eigenvalue weighted by Gasteiger charge is 2.20. The largest absolute Gasteiger partial charge is 0.486 e. The molecule has 0 spiro atoms. The Labute approximate surface area is 133 Å². The van der Waals surface area contributed by atoms with Crippen molar-refractivity contribution in [3.63, 3.8) is 0 Å². The third kappa shape index (κ3) is 3.46. The van der Waals surface area contributed by atoms with Gasteiger partial charge in [0.15, 0.2) is 11.5 Å². The second kappa shape index (κ2) is 6.88. The Hall–Kier alpha value is -2.94. The molecule has 1 amide bonds. The third-order valence-corrected chi connectivity index (χ3v) is 3.50. The fraction of sp³-hybridized carbons (Fsp3) is 0.294. The van der Waals surface area contributed by atoms with E-state index >= 15 is 0 Å². The van der Waals surface area contributed by atoms with E-state index in [1.807, 2.05) is 0 Å². The lowest BCUT2D eigenvalue weighted by Crippen LogP contribution is -2.31. The van der Waals surface area contributed by atoms with Crippen molar-refractivity contribution >= 4 is 5.91 Å². The number of benzene rings is 1. The molecule has 23 heavy (non-hydrogen) atoms. The Morgan fingerprint density at radius 3 is 2.78 bits per heavy atom. The summed E-state index contributed by atoms with van der Waals surface area (Å²) in [5.41, 5.74) is 0.499. The lowest BCUT2D eigenvalue weighted by molar-refractivity contribution is 0.0734. The minimum Gasteiger partial charge on any atom is -0.486 e. The van der Waals surface area contributed by atoms with E-state index in [9.17, 15) is 4.79 Å². The van der Waals surface area contributed by atoms with Crippen LogP contribution < -0.4 is 9.47 Å². The Kier molecular flexibility index (Phi) is 4.48. The molecule has 0 fully saturated rings. The molecule has 118 valence electrons. The molecule has 2 heterocycles. The number of fused-ring (bicyclic) bond motifs is 1. The van der Waals surface area contributed by atoms with E-state index in [2.05, 4.69) is 6.07 Å². The van der Waals surface area contributed by atoms with Crippen LogP contribution in [0, 0.1) is 11.3 Å². The minimum atomic E-state index is -0.173. The Bertz CT molecular complexity index is 719. The number of carbonyl (C=O) groups excluding carboxylic acids is 1. The number of rotatable bonds is 5. The zero-order valence-corrected chi connectivity index (χ0v) is 12.5. The average molecular weight is 312 g/mol. The van der Waals surface area contributed by atoms with E-state index in [0.29, 0.717) is 49.1 Å². The van der Waals surface area contributed by atoms with Gasteiger partial charge in [-0.3, -0.25) is 4.79 Å². The van der Waals surface area contributed by atoms with Crippen LogP contribution in [0.5, 0.6) is 11.5 Å². The van der Waals surface area contributed by atoms with E-state index in [4.69, 9.17) is 19.2 Å². The van der Waals surface area contributed by atoms with Crippen LogP contribution in [0.15, 0.2) is 41.0 Å². The first-order valence-corrected chi connectivity index (χ1v) is 7.36. The van der Waals surface area contributed by atoms with Crippen molar-refractivity contribution in [2.24, 2.45) is 0 Å². The van der Waals surface area contributed by atoms with Crippen molar-refractivity contribution in [2.45, 2.75) is 13.0 Å². The van der Waals surface area contributed by atoms with Crippen LogP contribution in [-0.4, -0.2) is 30.6 Å². The quantitative estimate of drug-likeness (QED) is 0.848. The van der Waals surface area contributed by atoms with Gasteiger partial charge in [-0.1, -0.05) is 0 Å². The molecule has 0 unspecified atom stereocenters. The van der Waals surface area contributed by atoms with Crippen LogP contribution >= 0.6 is 0 Å². The Morgan fingerprint density at radius 1 is 1.22 bits per heavy atom. The average Bonchev–Trinajstić information content (AvgIpc) is 3.10. The van der Waals surface area contributed by atoms with Gasteiger partial charge in [-0.15, -0.1) is 0 Å². The van der Waals surface area contributed by atoms with E-state index in [0.717, 1.165) is 0 Å². The summed E-state index contributed by atoms with van der Waals surface area (Å²) >= 11 is 0. The molecule has 0 radical (unpaired) electrons. The number of nitriles is 1. The summed E-state index contributed by atoms with van der Waals surface area (Å²) in [5.74, 6) is 1.71. The van der Waals surface area contributed by atoms with E-state index in [1.54, 1.807) is 41.5 Å². The lowest BCUT2D eigenvalue weighted by Gasteiger charge is -2.22. The summed E-state index contributed by atoms with van der Waals surface area (Å²) in [6.45, 7) is 1.63. The highest BCUT2D eigenvalue weighted by molar-refractivity contribution is 5.95. The second-order valence-corrected chi connectivity index (χ2v) is 5.07. The van der Waals surface area contributed by atoms with Gasteiger partial charge in [0, 0.05) is 12.1 Å². The maximum absolute atomic E-state index is 12.7. The van der Waals surface area contributed by atoms with Crippen LogP contribution in [0.25, 0.3) is 0 Å². The molecule has 0 bridgehead atoms. The number of hydrogen-bond acceptors (Lipinski definition) is 5. The molecule has 1 aliphatic heterocycles. The van der Waals surface area contributed by atoms with Gasteiger partial charge in [-0.25, -0.2) is 0 Å². The van der Waals surface area contributed by atoms with Gasteiger partial charge in [-0.05, 0) is 30.3 Å². The van der Waals surface area contributed by atoms with E-state index in [1.165, 1.54) is 0 Å². The molecule has 0 saturated heterocycles. The third-order valence-electron chi connectivity index (χ3n) is 3.50. The molecule has 2 aromatic rings. The van der Waals surface area contributed by atoms with Crippen LogP contribution in [0.3, 0.4) is 0 Å². The normalized spacial score (nSPS) is 12.5. The first kappa shape index (κ1) is 15.0. The van der Waals surface area contributed by atoms with Gasteiger partial charge >= 0.3 is 0 Å². The van der Waals surface area contributed by atoms with Crippen molar-refractivity contribution in [1.29, 1.82) is 5.26 Å². The molecule has 0 atom stereocenters. The number of carbonyl (C=O) groups is 1. The van der Waals surface area contributed by atoms with Crippen molar-refractivity contribution in [3.05, 3.63) is 47.9 Å². The molecule has 1 aromatic carbocycles. The fourth-order valence-electron chi connectivity index (χ4n) is 2.39. The SMILES string of the molecule is N#CCCN(Cc1ccco1)C(=O)c1ccc2c(c1)OCCO2. The molecular formula is C17H16N2O4. The van der Waals surface area contributed by atoms with Gasteiger partial charge in [0.2, 0.25) is 0 Å². The predicted molar refractivity (Wildman–Crippen MR) is 81.1 cm³/mol. The first-order valence-electron chi connectivity index (χ1n) is 7.36. The van der Waals surface area contributed by atoms with E-state index < -0.39 is 0 Å². The van der Waals surface area contributed by atoms with Crippen molar-refractivity contribution < 1.29 is 18.7 Å². The molecule has 6 nitrogen and oxygen atoms in total. The Morgan fingerprint density at radius 2 is 2.04 bits per heavy atom. The molecule has 3 rings (SSSR count). The van der Waals surface area contributed by atoms with Crippen LogP contribution in [0.4, 0.5) is 0 Å². The predicted octanol–water partition coefficient (Wildman–Crippen LogP) is 2.61. The zero-order chi connectivity index (χ0) is 16.1. The topological polar surface area (TPSA) is 75.7 Å². The number of hydrogen-bond donors (Lipinski definition) is 0. The molecule has 0 aliphatic carbocycles. The molecular weight excluding hydrogens is 296 g/mol. The van der Waals surface area contributed by atoms with Gasteiger partial charge in [0.1, 0.15) is 19.0 Å². The maximum Gasteiger partial charge on any atom is 0.254 e. The van der Waals surface area contributed by atoms with Crippen molar-refractivity contribution in [2.75, 3.05) is 19.8 Å². The van der Waals surface area contributed by atoms with Crippen molar-refractivity contribution in [1.82, 2.24) is 4.90 Å². The molecule has 0 N–H and O–H groups in total. The number of furan rings is 1. The summed E-state index contributed by atoms with van der Waals surface area (Å²) in [6.07, 6.45) is 1.82. The summed E-state index contributed by atoms with van der Waals surface area (Å²) in [5, 5.41) is 8.80. The maximum atomic E-state index is 12.7. The van der Waals surface area contributed by atoms with Gasteiger partial charge in [-0.2, -0.15) is 5.26 Å². The summed E-state index contributed by atoms with van der Waals surface area (Å²) in [6, 6.07) is 10.8. The zero-order valence-electron chi connectivity index (χ0n) is 12.5. The first-order chi connectivity index (χ1) is 11.3. The summed E-state index contributed by atoms with van der Waals surface area (Å²) in [7, 11) is 0. The summed E-state index contributed by atoms with van der Waals surface area (Å²) < 4.78 is 16.3. The second-order valence-electron chi connectivity index (χ2n) is 5.07. The fourth-order valence-corrected chi connectivity index (χ4v) is 2.39. The highest BCUT2D eigenvalue weighted by Crippen LogP contribution is 2.31. The number of ether oxygens (including phenoxy) is 2. The standard InChI is InChI=1S/C17H16N2O4/c18-6-2-7-19(12-14-3-1-8-21-14)17(20)13-4-5-15-16(11-13)23-10-9-22-15/h1,3-5,8,11H,2,7,9-10,12H2. The lowest BCUT2D eigenvalue weighted by atomic mass is 10.1. The molecule has 1 aliphatic rings. The number of amides is 1. The molecule has 6 heteroatoms. The number of nitrogens with zero attached hydrogens (tertiary/aromatic N) is 2. The van der Waals surface area contributed by atoms with Gasteiger partial charge < -0.3 is 18.8 Å². The smallest absolute Gasteiger partial charge is 0.254 e. The van der Waals surface area contributed by atoms with Crippen molar-refractivity contribution in [3.8, 4) is 17.6 Å². The van der Waals surface area contributed by atoms with Gasteiger partial charge in [0.25, 0.3) is 5.91 Å². The van der Waals surface area contributed by atoms with Gasteiger partial charge in [0.05, 0.1) is 25.3 Å². The monoisotopic (exact) mass is 312 g/mol. The molecule has 1 aromatic heterocycles. The van der Waals surface area contributed by atoms with Crippen LogP contribution in [-0.2, 0) is 6.54 Å². The summed E-state index contributed by atoms with van der Waals surface area (Å²) in [4.78, 5) is 14.3. The van der Waals surface area contributed by atoms with E-state index in [-0.39, 0.29) is 12.3 Å². The molecule has 0 saturated carbocycles. The van der Waals surface area contributed by atoms with Crippen LogP contribution in [0.1, 0.15) is 22.5 Å². The highest BCUT2D eigenvalue weighted by atomic mass is 16.6. The van der Waals surface area contributed by atoms with Crippen LogP contribution in [0.2, 0.25) is 0 Å². The Balaban J connectivity index is 1.80. The minimum absolute atomic E-state index is 0.173.